The first kappa shape index (κ1) is 9.73. The first-order valence-electron chi connectivity index (χ1n) is 5.07. The molecule has 0 aromatic carbocycles. The number of carbonyl (C=O) groups is 1. The van der Waals surface area contributed by atoms with E-state index in [4.69, 9.17) is 9.47 Å². The average molecular weight is 200 g/mol. The van der Waals surface area contributed by atoms with Gasteiger partial charge in [-0.3, -0.25) is 0 Å². The number of hydrogen-bond donors (Lipinski definition) is 2. The lowest BCUT2D eigenvalue weighted by Gasteiger charge is -2.11. The van der Waals surface area contributed by atoms with Gasteiger partial charge in [0, 0.05) is 6.54 Å². The number of amides is 1. The van der Waals surface area contributed by atoms with Gasteiger partial charge in [0.1, 0.15) is 6.10 Å². The van der Waals surface area contributed by atoms with Crippen LogP contribution in [0.3, 0.4) is 0 Å². The van der Waals surface area contributed by atoms with Gasteiger partial charge in [-0.2, -0.15) is 0 Å². The van der Waals surface area contributed by atoms with Crippen LogP contribution in [-0.2, 0) is 9.47 Å². The number of hydrogen-bond acceptors (Lipinski definition) is 4. The van der Waals surface area contributed by atoms with E-state index in [2.05, 4.69) is 10.6 Å². The second-order valence-electron chi connectivity index (χ2n) is 3.80. The second kappa shape index (κ2) is 4.61. The Labute approximate surface area is 83.1 Å². The number of carbonyl (C=O) groups excluding carboxylic acids is 1. The summed E-state index contributed by atoms with van der Waals surface area (Å²) in [6.45, 7) is 3.98. The van der Waals surface area contributed by atoms with Gasteiger partial charge in [0.2, 0.25) is 0 Å². The third-order valence-electron chi connectivity index (χ3n) is 2.57. The van der Waals surface area contributed by atoms with Crippen LogP contribution in [0.25, 0.3) is 0 Å². The molecule has 5 heteroatoms. The zero-order valence-corrected chi connectivity index (χ0v) is 8.12. The SMILES string of the molecule is O=C1NCC(COCC2CCNC2)O1. The maximum absolute atomic E-state index is 10.7. The largest absolute Gasteiger partial charge is 0.442 e. The predicted molar refractivity (Wildman–Crippen MR) is 50.1 cm³/mol. The summed E-state index contributed by atoms with van der Waals surface area (Å²) in [5, 5.41) is 5.87. The van der Waals surface area contributed by atoms with E-state index >= 15 is 0 Å². The maximum atomic E-state index is 10.7. The van der Waals surface area contributed by atoms with Crippen molar-refractivity contribution in [3.05, 3.63) is 0 Å². The normalized spacial score (nSPS) is 31.6. The Hall–Kier alpha value is -0.810. The Bertz CT molecular complexity index is 204. The minimum atomic E-state index is -0.332. The van der Waals surface area contributed by atoms with Crippen LogP contribution in [0.5, 0.6) is 0 Å². The van der Waals surface area contributed by atoms with Crippen LogP contribution in [0.15, 0.2) is 0 Å². The molecule has 0 aromatic rings. The van der Waals surface area contributed by atoms with Gasteiger partial charge in [-0.05, 0) is 18.9 Å². The third kappa shape index (κ3) is 2.59. The quantitative estimate of drug-likeness (QED) is 0.655. The molecule has 0 spiro atoms. The van der Waals surface area contributed by atoms with Crippen LogP contribution in [0.2, 0.25) is 0 Å². The molecule has 2 saturated heterocycles. The molecule has 5 nitrogen and oxygen atoms in total. The number of nitrogens with one attached hydrogen (secondary N) is 2. The zero-order valence-electron chi connectivity index (χ0n) is 8.12. The molecule has 2 fully saturated rings. The summed E-state index contributed by atoms with van der Waals surface area (Å²) in [5.41, 5.74) is 0. The van der Waals surface area contributed by atoms with Crippen molar-refractivity contribution in [1.82, 2.24) is 10.6 Å². The van der Waals surface area contributed by atoms with Crippen LogP contribution >= 0.6 is 0 Å². The Kier molecular flexibility index (Phi) is 3.21. The van der Waals surface area contributed by atoms with E-state index in [9.17, 15) is 4.79 Å². The summed E-state index contributed by atoms with van der Waals surface area (Å²) in [6.07, 6.45) is 0.751. The molecule has 2 rings (SSSR count). The Morgan fingerprint density at radius 2 is 2.36 bits per heavy atom. The van der Waals surface area contributed by atoms with E-state index < -0.39 is 0 Å². The molecule has 1 amide bonds. The topological polar surface area (TPSA) is 59.6 Å². The van der Waals surface area contributed by atoms with Gasteiger partial charge in [-0.15, -0.1) is 0 Å². The lowest BCUT2D eigenvalue weighted by Crippen LogP contribution is -2.23. The molecule has 0 radical (unpaired) electrons. The molecule has 2 heterocycles. The van der Waals surface area contributed by atoms with Crippen LogP contribution in [0.1, 0.15) is 6.42 Å². The smallest absolute Gasteiger partial charge is 0.407 e. The fourth-order valence-corrected chi connectivity index (χ4v) is 1.75. The first-order valence-corrected chi connectivity index (χ1v) is 5.07. The molecule has 2 aliphatic rings. The number of cyclic esters (lactones) is 1. The lowest BCUT2D eigenvalue weighted by molar-refractivity contribution is 0.0330. The van der Waals surface area contributed by atoms with Crippen molar-refractivity contribution in [2.75, 3.05) is 32.8 Å². The molecule has 2 N–H and O–H groups in total. The van der Waals surface area contributed by atoms with E-state index in [1.165, 1.54) is 6.42 Å². The summed E-state index contributed by atoms with van der Waals surface area (Å²) in [7, 11) is 0. The van der Waals surface area contributed by atoms with E-state index in [0.29, 0.717) is 19.1 Å². The minimum Gasteiger partial charge on any atom is -0.442 e. The van der Waals surface area contributed by atoms with Crippen molar-refractivity contribution < 1.29 is 14.3 Å². The average Bonchev–Trinajstić information content (AvgIpc) is 2.77. The summed E-state index contributed by atoms with van der Waals surface area (Å²) in [6, 6.07) is 0. The standard InChI is InChI=1S/C9H16N2O3/c12-9-11-4-8(14-9)6-13-5-7-1-2-10-3-7/h7-8,10H,1-6H2,(H,11,12). The molecule has 2 aliphatic heterocycles. The first-order chi connectivity index (χ1) is 6.84. The Morgan fingerprint density at radius 1 is 1.43 bits per heavy atom. The predicted octanol–water partition coefficient (Wildman–Crippen LogP) is -0.279. The van der Waals surface area contributed by atoms with E-state index in [-0.39, 0.29) is 12.2 Å². The van der Waals surface area contributed by atoms with Crippen LogP contribution in [0, 0.1) is 5.92 Å². The van der Waals surface area contributed by atoms with Gasteiger partial charge in [0.15, 0.2) is 0 Å². The lowest BCUT2D eigenvalue weighted by atomic mass is 10.1. The molecule has 0 aromatic heterocycles. The van der Waals surface area contributed by atoms with Gasteiger partial charge in [0.05, 0.1) is 19.8 Å². The molecule has 2 unspecified atom stereocenters. The molecule has 80 valence electrons. The van der Waals surface area contributed by atoms with Gasteiger partial charge in [-0.1, -0.05) is 0 Å². The number of rotatable bonds is 4. The van der Waals surface area contributed by atoms with Crippen LogP contribution in [-0.4, -0.2) is 45.0 Å². The molecule has 0 aliphatic carbocycles. The monoisotopic (exact) mass is 200 g/mol. The zero-order chi connectivity index (χ0) is 9.80. The van der Waals surface area contributed by atoms with Gasteiger partial charge in [0.25, 0.3) is 0 Å². The summed E-state index contributed by atoms with van der Waals surface area (Å²) in [4.78, 5) is 10.7. The molecule has 2 atom stereocenters. The van der Waals surface area contributed by atoms with Gasteiger partial charge >= 0.3 is 6.09 Å². The van der Waals surface area contributed by atoms with Gasteiger partial charge in [-0.25, -0.2) is 4.79 Å². The second-order valence-corrected chi connectivity index (χ2v) is 3.80. The van der Waals surface area contributed by atoms with Gasteiger partial charge < -0.3 is 20.1 Å². The van der Waals surface area contributed by atoms with Crippen LogP contribution < -0.4 is 10.6 Å². The Balaban J connectivity index is 1.56. The summed E-state index contributed by atoms with van der Waals surface area (Å²) >= 11 is 0. The molecular formula is C9H16N2O3. The Morgan fingerprint density at radius 3 is 3.00 bits per heavy atom. The molecule has 0 bridgehead atoms. The van der Waals surface area contributed by atoms with E-state index in [1.807, 2.05) is 0 Å². The van der Waals surface area contributed by atoms with Crippen molar-refractivity contribution in [2.24, 2.45) is 5.92 Å². The highest BCUT2D eigenvalue weighted by Gasteiger charge is 2.23. The van der Waals surface area contributed by atoms with Crippen molar-refractivity contribution in [3.63, 3.8) is 0 Å². The van der Waals surface area contributed by atoms with E-state index in [0.717, 1.165) is 19.7 Å². The van der Waals surface area contributed by atoms with Crippen molar-refractivity contribution in [1.29, 1.82) is 0 Å². The third-order valence-corrected chi connectivity index (χ3v) is 2.57. The molecular weight excluding hydrogens is 184 g/mol. The minimum absolute atomic E-state index is 0.100. The fourth-order valence-electron chi connectivity index (χ4n) is 1.75. The van der Waals surface area contributed by atoms with Crippen molar-refractivity contribution >= 4 is 6.09 Å². The van der Waals surface area contributed by atoms with Crippen molar-refractivity contribution in [3.8, 4) is 0 Å². The summed E-state index contributed by atoms with van der Waals surface area (Å²) in [5.74, 6) is 0.625. The van der Waals surface area contributed by atoms with Crippen molar-refractivity contribution in [2.45, 2.75) is 12.5 Å². The highest BCUT2D eigenvalue weighted by molar-refractivity contribution is 5.69. The fraction of sp³-hybridized carbons (Fsp3) is 0.889. The summed E-state index contributed by atoms with van der Waals surface area (Å²) < 4.78 is 10.4. The number of ether oxygens (including phenoxy) is 2. The highest BCUT2D eigenvalue weighted by Crippen LogP contribution is 2.08. The number of alkyl carbamates (subject to hydrolysis) is 1. The maximum Gasteiger partial charge on any atom is 0.407 e. The highest BCUT2D eigenvalue weighted by atomic mass is 16.6. The molecule has 14 heavy (non-hydrogen) atoms. The molecule has 0 saturated carbocycles. The van der Waals surface area contributed by atoms with E-state index in [1.54, 1.807) is 0 Å². The van der Waals surface area contributed by atoms with Crippen LogP contribution in [0.4, 0.5) is 4.79 Å².